The summed E-state index contributed by atoms with van der Waals surface area (Å²) in [4.78, 5) is 21.8. The molecular weight excluding hydrogens is 284 g/mol. The van der Waals surface area contributed by atoms with Gasteiger partial charge in [0, 0.05) is 30.8 Å². The number of H-pyrrole nitrogens is 1. The van der Waals surface area contributed by atoms with Gasteiger partial charge in [-0.25, -0.2) is 0 Å². The standard InChI is InChI=1S/C15H18N4O3/c1-8-11(4-5-16-8)15(21)19-7-10(20)6-12(19)14-17-13(18-22-14)9-2-3-9/h4-5,9-10,12,16,20H,2-3,6-7H2,1H3/t10-,12+/m0/s1. The Morgan fingerprint density at radius 1 is 1.50 bits per heavy atom. The van der Waals surface area contributed by atoms with E-state index >= 15 is 0 Å². The highest BCUT2D eigenvalue weighted by Crippen LogP contribution is 2.40. The van der Waals surface area contributed by atoms with Crippen LogP contribution < -0.4 is 0 Å². The number of rotatable bonds is 3. The molecule has 1 aliphatic heterocycles. The average molecular weight is 302 g/mol. The Morgan fingerprint density at radius 2 is 2.32 bits per heavy atom. The van der Waals surface area contributed by atoms with E-state index in [2.05, 4.69) is 15.1 Å². The zero-order valence-corrected chi connectivity index (χ0v) is 12.3. The number of aliphatic hydroxyl groups is 1. The fourth-order valence-corrected chi connectivity index (χ4v) is 3.00. The molecule has 2 aromatic heterocycles. The van der Waals surface area contributed by atoms with Gasteiger partial charge in [0.2, 0.25) is 5.89 Å². The van der Waals surface area contributed by atoms with Crippen LogP contribution in [-0.4, -0.2) is 43.7 Å². The molecule has 1 saturated carbocycles. The van der Waals surface area contributed by atoms with Crippen molar-refractivity contribution in [3.63, 3.8) is 0 Å². The first-order chi connectivity index (χ1) is 10.6. The lowest BCUT2D eigenvalue weighted by molar-refractivity contribution is 0.0693. The molecule has 0 aromatic carbocycles. The summed E-state index contributed by atoms with van der Waals surface area (Å²) in [5, 5.41) is 14.0. The van der Waals surface area contributed by atoms with E-state index in [9.17, 15) is 9.90 Å². The highest BCUT2D eigenvalue weighted by Gasteiger charge is 2.40. The number of aryl methyl sites for hydroxylation is 1. The van der Waals surface area contributed by atoms with E-state index in [1.54, 1.807) is 17.2 Å². The molecule has 7 nitrogen and oxygen atoms in total. The van der Waals surface area contributed by atoms with Crippen LogP contribution >= 0.6 is 0 Å². The Hall–Kier alpha value is -2.15. The summed E-state index contributed by atoms with van der Waals surface area (Å²) in [6.07, 6.45) is 3.79. The summed E-state index contributed by atoms with van der Waals surface area (Å²) in [7, 11) is 0. The van der Waals surface area contributed by atoms with Crippen molar-refractivity contribution in [3.05, 3.63) is 35.2 Å². The van der Waals surface area contributed by atoms with E-state index < -0.39 is 6.10 Å². The van der Waals surface area contributed by atoms with Gasteiger partial charge >= 0.3 is 0 Å². The molecular formula is C15H18N4O3. The zero-order valence-electron chi connectivity index (χ0n) is 12.3. The predicted octanol–water partition coefficient (Wildman–Crippen LogP) is 1.53. The summed E-state index contributed by atoms with van der Waals surface area (Å²) >= 11 is 0. The topological polar surface area (TPSA) is 95.2 Å². The van der Waals surface area contributed by atoms with Gasteiger partial charge in [0.15, 0.2) is 5.82 Å². The summed E-state index contributed by atoms with van der Waals surface area (Å²) in [5.74, 6) is 1.44. The van der Waals surface area contributed by atoms with E-state index in [0.717, 1.165) is 24.4 Å². The van der Waals surface area contributed by atoms with Crippen molar-refractivity contribution in [1.29, 1.82) is 0 Å². The summed E-state index contributed by atoms with van der Waals surface area (Å²) < 4.78 is 5.35. The molecule has 1 saturated heterocycles. The van der Waals surface area contributed by atoms with Crippen LogP contribution in [0.25, 0.3) is 0 Å². The Labute approximate surface area is 127 Å². The van der Waals surface area contributed by atoms with Crippen molar-refractivity contribution < 1.29 is 14.4 Å². The van der Waals surface area contributed by atoms with Gasteiger partial charge in [0.25, 0.3) is 5.91 Å². The first kappa shape index (κ1) is 13.5. The largest absolute Gasteiger partial charge is 0.391 e. The second kappa shape index (κ2) is 4.95. The van der Waals surface area contributed by atoms with E-state index in [1.807, 2.05) is 6.92 Å². The number of amides is 1. The molecule has 0 radical (unpaired) electrons. The molecule has 22 heavy (non-hydrogen) atoms. The van der Waals surface area contributed by atoms with Gasteiger partial charge in [0.1, 0.15) is 6.04 Å². The third-order valence-electron chi connectivity index (χ3n) is 4.41. The number of aliphatic hydroxyl groups excluding tert-OH is 1. The Balaban J connectivity index is 1.62. The van der Waals surface area contributed by atoms with Gasteiger partial charge in [0.05, 0.1) is 11.7 Å². The van der Waals surface area contributed by atoms with Crippen molar-refractivity contribution in [1.82, 2.24) is 20.0 Å². The minimum absolute atomic E-state index is 0.119. The van der Waals surface area contributed by atoms with E-state index in [1.165, 1.54) is 0 Å². The number of β-amino-alcohol motifs (C(OH)–C–C–N with tert-alkyl or cyclic N) is 1. The molecule has 4 rings (SSSR count). The van der Waals surface area contributed by atoms with Crippen LogP contribution in [0.3, 0.4) is 0 Å². The molecule has 3 heterocycles. The van der Waals surface area contributed by atoms with Crippen LogP contribution in [0, 0.1) is 6.92 Å². The smallest absolute Gasteiger partial charge is 0.256 e. The van der Waals surface area contributed by atoms with Crippen LogP contribution in [0.15, 0.2) is 16.8 Å². The molecule has 0 spiro atoms. The molecule has 2 N–H and O–H groups in total. The van der Waals surface area contributed by atoms with Gasteiger partial charge in [-0.2, -0.15) is 4.98 Å². The van der Waals surface area contributed by atoms with E-state index in [4.69, 9.17) is 4.52 Å². The molecule has 7 heteroatoms. The molecule has 2 aromatic rings. The lowest BCUT2D eigenvalue weighted by atomic mass is 10.1. The van der Waals surface area contributed by atoms with Crippen LogP contribution in [0.5, 0.6) is 0 Å². The van der Waals surface area contributed by atoms with Crippen LogP contribution in [0.1, 0.15) is 59.0 Å². The summed E-state index contributed by atoms with van der Waals surface area (Å²) in [5.41, 5.74) is 1.43. The van der Waals surface area contributed by atoms with E-state index in [-0.39, 0.29) is 18.5 Å². The van der Waals surface area contributed by atoms with Gasteiger partial charge in [-0.15, -0.1) is 0 Å². The van der Waals surface area contributed by atoms with Crippen molar-refractivity contribution >= 4 is 5.91 Å². The van der Waals surface area contributed by atoms with Crippen molar-refractivity contribution in [2.75, 3.05) is 6.54 Å². The fourth-order valence-electron chi connectivity index (χ4n) is 3.00. The van der Waals surface area contributed by atoms with Crippen LogP contribution in [0.4, 0.5) is 0 Å². The maximum Gasteiger partial charge on any atom is 0.256 e. The number of aromatic nitrogens is 3. The SMILES string of the molecule is Cc1[nH]ccc1C(=O)N1C[C@@H](O)C[C@@H]1c1nc(C2CC2)no1. The highest BCUT2D eigenvalue weighted by molar-refractivity contribution is 5.95. The van der Waals surface area contributed by atoms with Crippen molar-refractivity contribution in [3.8, 4) is 0 Å². The lowest BCUT2D eigenvalue weighted by Crippen LogP contribution is -2.32. The zero-order chi connectivity index (χ0) is 15.3. The molecule has 2 atom stereocenters. The normalized spacial score (nSPS) is 24.9. The number of carbonyl (C=O) groups is 1. The predicted molar refractivity (Wildman–Crippen MR) is 76.2 cm³/mol. The maximum absolute atomic E-state index is 12.7. The van der Waals surface area contributed by atoms with Crippen LogP contribution in [0.2, 0.25) is 0 Å². The molecule has 116 valence electrons. The first-order valence-electron chi connectivity index (χ1n) is 7.60. The van der Waals surface area contributed by atoms with Gasteiger partial charge in [-0.1, -0.05) is 5.16 Å². The molecule has 0 bridgehead atoms. The molecule has 2 aliphatic rings. The quantitative estimate of drug-likeness (QED) is 0.896. The Bertz CT molecular complexity index is 703. The van der Waals surface area contributed by atoms with E-state index in [0.29, 0.717) is 23.8 Å². The summed E-state index contributed by atoms with van der Waals surface area (Å²) in [6.45, 7) is 2.14. The Kier molecular flexibility index (Phi) is 3.04. The number of likely N-dealkylation sites (tertiary alicyclic amines) is 1. The summed E-state index contributed by atoms with van der Waals surface area (Å²) in [6, 6.07) is 1.40. The van der Waals surface area contributed by atoms with Gasteiger partial charge in [-0.3, -0.25) is 4.79 Å². The van der Waals surface area contributed by atoms with Gasteiger partial charge < -0.3 is 19.5 Å². The number of carbonyl (C=O) groups excluding carboxylic acids is 1. The molecule has 1 aliphatic carbocycles. The molecule has 2 fully saturated rings. The second-order valence-corrected chi connectivity index (χ2v) is 6.14. The number of aromatic amines is 1. The highest BCUT2D eigenvalue weighted by atomic mass is 16.5. The third-order valence-corrected chi connectivity index (χ3v) is 4.41. The van der Waals surface area contributed by atoms with Gasteiger partial charge in [-0.05, 0) is 25.8 Å². The molecule has 1 amide bonds. The monoisotopic (exact) mass is 302 g/mol. The third kappa shape index (κ3) is 2.21. The minimum Gasteiger partial charge on any atom is -0.391 e. The van der Waals surface area contributed by atoms with Crippen molar-refractivity contribution in [2.24, 2.45) is 0 Å². The van der Waals surface area contributed by atoms with Crippen molar-refractivity contribution in [2.45, 2.75) is 44.2 Å². The minimum atomic E-state index is -0.565. The number of hydrogen-bond donors (Lipinski definition) is 2. The maximum atomic E-state index is 12.7. The Morgan fingerprint density at radius 3 is 3.00 bits per heavy atom. The second-order valence-electron chi connectivity index (χ2n) is 6.14. The first-order valence-corrected chi connectivity index (χ1v) is 7.60. The van der Waals surface area contributed by atoms with Crippen LogP contribution in [-0.2, 0) is 0 Å². The molecule has 0 unspecified atom stereocenters. The number of nitrogens with one attached hydrogen (secondary N) is 1. The fraction of sp³-hybridized carbons (Fsp3) is 0.533. The average Bonchev–Trinajstić information content (AvgIpc) is 2.92. The number of hydrogen-bond acceptors (Lipinski definition) is 5. The lowest BCUT2D eigenvalue weighted by Gasteiger charge is -2.21. The number of nitrogens with zero attached hydrogens (tertiary/aromatic N) is 3.